The van der Waals surface area contributed by atoms with Crippen molar-refractivity contribution in [1.82, 2.24) is 0 Å². The van der Waals surface area contributed by atoms with E-state index in [4.69, 9.17) is 0 Å². The molecule has 0 unspecified atom stereocenters. The number of aromatic hydroxyl groups is 3. The number of quaternary nitrogens is 1. The molecular formula is C39H56NO3Y+. The number of hydrogen-bond donors (Lipinski definition) is 3. The molecule has 0 aromatic heterocycles. The number of likely N-dealkylation sites (N-methyl/N-ethyl adjacent to an activating group) is 1. The van der Waals surface area contributed by atoms with Crippen molar-refractivity contribution in [1.29, 1.82) is 0 Å². The van der Waals surface area contributed by atoms with Crippen LogP contribution in [0.2, 0.25) is 0 Å². The molecule has 0 aliphatic carbocycles. The third-order valence-corrected chi connectivity index (χ3v) is 6.59. The first-order chi connectivity index (χ1) is 19.7. The van der Waals surface area contributed by atoms with E-state index in [0.717, 1.165) is 55.5 Å². The van der Waals surface area contributed by atoms with Crippen LogP contribution in [0.1, 0.15) is 84.7 Å². The molecule has 5 heteroatoms. The van der Waals surface area contributed by atoms with E-state index in [1.807, 2.05) is 77.9 Å². The molecule has 0 atom stereocenters. The molecule has 0 saturated carbocycles. The van der Waals surface area contributed by atoms with E-state index in [2.05, 4.69) is 74.0 Å². The van der Waals surface area contributed by atoms with Crippen LogP contribution in [0.3, 0.4) is 0 Å². The second kappa shape index (κ2) is 18.3. The van der Waals surface area contributed by atoms with E-state index < -0.39 is 0 Å². The number of nitrogens with zero attached hydrogens (tertiary/aromatic N) is 1. The molecular weight excluding hydrogens is 619 g/mol. The van der Waals surface area contributed by atoms with E-state index in [9.17, 15) is 15.3 Å². The van der Waals surface area contributed by atoms with Gasteiger partial charge in [-0.3, -0.25) is 0 Å². The summed E-state index contributed by atoms with van der Waals surface area (Å²) >= 11 is 0. The van der Waals surface area contributed by atoms with Crippen LogP contribution in [0.25, 0.3) is 18.2 Å². The SMILES string of the molecule is C/C(=C/c1cc(C)c(O)c(C)c1)C[N+](C)(C)C.CC(C)=Cc1cc(C)c(O)c(C)c1.CC(C)=Cc1cc(C)c(O)c(C)c1.[Y]. The zero-order chi connectivity index (χ0) is 33.2. The van der Waals surface area contributed by atoms with Crippen LogP contribution in [0.5, 0.6) is 17.2 Å². The van der Waals surface area contributed by atoms with Gasteiger partial charge >= 0.3 is 0 Å². The molecule has 0 spiro atoms. The standard InChI is InChI=1S/C15H23NO.2C12H16O.Y/c1-11(10-16(4,5)6)7-14-8-12(2)15(17)13(3)9-14;2*1-8(2)5-11-6-9(3)12(13)10(4)7-11;/h7-9H,10H2,1-6H3;2*5-7,13H,1-4H3;/p+1/b11-7-;;;. The normalized spacial score (nSPS) is 10.8. The van der Waals surface area contributed by atoms with Gasteiger partial charge in [0.2, 0.25) is 0 Å². The summed E-state index contributed by atoms with van der Waals surface area (Å²) in [6.07, 6.45) is 6.42. The van der Waals surface area contributed by atoms with Crippen LogP contribution < -0.4 is 0 Å². The topological polar surface area (TPSA) is 60.7 Å². The second-order valence-corrected chi connectivity index (χ2v) is 13.4. The number of phenols is 3. The molecule has 3 aromatic rings. The third kappa shape index (κ3) is 14.9. The first-order valence-corrected chi connectivity index (χ1v) is 14.9. The molecule has 0 fully saturated rings. The van der Waals surface area contributed by atoms with Gasteiger partial charge in [-0.25, -0.2) is 0 Å². The average Bonchev–Trinajstić information content (AvgIpc) is 2.83. The number of benzene rings is 3. The Kier molecular flexibility index (Phi) is 17.2. The Morgan fingerprint density at radius 1 is 0.500 bits per heavy atom. The van der Waals surface area contributed by atoms with Crippen LogP contribution in [-0.2, 0) is 32.7 Å². The summed E-state index contributed by atoms with van der Waals surface area (Å²) in [7, 11) is 6.56. The van der Waals surface area contributed by atoms with Gasteiger partial charge in [-0.15, -0.1) is 0 Å². The van der Waals surface area contributed by atoms with Crippen molar-refractivity contribution in [2.45, 2.75) is 76.2 Å². The van der Waals surface area contributed by atoms with Gasteiger partial charge in [0.05, 0.1) is 27.7 Å². The fourth-order valence-electron chi connectivity index (χ4n) is 4.96. The summed E-state index contributed by atoms with van der Waals surface area (Å²) in [6, 6.07) is 12.0. The van der Waals surface area contributed by atoms with Gasteiger partial charge in [0.25, 0.3) is 0 Å². The molecule has 4 nitrogen and oxygen atoms in total. The molecule has 3 N–H and O–H groups in total. The Balaban J connectivity index is 0.000000631. The predicted octanol–water partition coefficient (Wildman–Crippen LogP) is 9.98. The quantitative estimate of drug-likeness (QED) is 0.236. The van der Waals surface area contributed by atoms with E-state index in [1.165, 1.54) is 22.3 Å². The fraction of sp³-hybridized carbons (Fsp3) is 0.385. The zero-order valence-corrected chi connectivity index (χ0v) is 32.6. The number of hydrogen-bond acceptors (Lipinski definition) is 3. The maximum atomic E-state index is 9.73. The Labute approximate surface area is 293 Å². The Morgan fingerprint density at radius 2 is 0.727 bits per heavy atom. The smallest absolute Gasteiger partial charge is 0.121 e. The second-order valence-electron chi connectivity index (χ2n) is 13.4. The predicted molar refractivity (Wildman–Crippen MR) is 188 cm³/mol. The molecule has 0 aliphatic heterocycles. The van der Waals surface area contributed by atoms with Gasteiger partial charge in [0, 0.05) is 32.7 Å². The third-order valence-electron chi connectivity index (χ3n) is 6.59. The number of aryl methyl sites for hydroxylation is 6. The van der Waals surface area contributed by atoms with Crippen LogP contribution in [0, 0.1) is 41.5 Å². The number of rotatable bonds is 5. The average molecular weight is 676 g/mol. The Morgan fingerprint density at radius 3 is 0.932 bits per heavy atom. The van der Waals surface area contributed by atoms with Crippen molar-refractivity contribution in [3.05, 3.63) is 103 Å². The maximum absolute atomic E-state index is 9.73. The fourth-order valence-corrected chi connectivity index (χ4v) is 4.96. The van der Waals surface area contributed by atoms with Gasteiger partial charge in [-0.2, -0.15) is 0 Å². The van der Waals surface area contributed by atoms with Gasteiger partial charge in [-0.05, 0) is 168 Å². The van der Waals surface area contributed by atoms with Crippen LogP contribution in [0.4, 0.5) is 0 Å². The Bertz CT molecular complexity index is 1360. The van der Waals surface area contributed by atoms with Crippen LogP contribution >= 0.6 is 0 Å². The molecule has 3 rings (SSSR count). The van der Waals surface area contributed by atoms with Gasteiger partial charge in [0.15, 0.2) is 0 Å². The van der Waals surface area contributed by atoms with Gasteiger partial charge in [-0.1, -0.05) is 29.4 Å². The summed E-state index contributed by atoms with van der Waals surface area (Å²) in [4.78, 5) is 0. The molecule has 0 aliphatic rings. The molecule has 0 bridgehead atoms. The van der Waals surface area contributed by atoms with Crippen molar-refractivity contribution in [3.63, 3.8) is 0 Å². The first kappa shape index (κ1) is 41.3. The van der Waals surface area contributed by atoms with E-state index in [-0.39, 0.29) is 32.7 Å². The minimum Gasteiger partial charge on any atom is -0.507 e. The van der Waals surface area contributed by atoms with Crippen LogP contribution in [0.15, 0.2) is 53.1 Å². The van der Waals surface area contributed by atoms with Crippen molar-refractivity contribution < 1.29 is 52.5 Å². The molecule has 0 heterocycles. The van der Waals surface area contributed by atoms with Gasteiger partial charge < -0.3 is 19.8 Å². The van der Waals surface area contributed by atoms with Crippen molar-refractivity contribution in [2.75, 3.05) is 27.7 Å². The summed E-state index contributed by atoms with van der Waals surface area (Å²) in [5, 5.41) is 28.8. The minimum atomic E-state index is 0. The molecule has 44 heavy (non-hydrogen) atoms. The molecule has 0 amide bonds. The van der Waals surface area contributed by atoms with Gasteiger partial charge in [0.1, 0.15) is 17.2 Å². The number of phenolic OH excluding ortho intramolecular Hbond substituents is 3. The summed E-state index contributed by atoms with van der Waals surface area (Å²) < 4.78 is 0.929. The minimum absolute atomic E-state index is 0. The van der Waals surface area contributed by atoms with Crippen molar-refractivity contribution in [3.8, 4) is 17.2 Å². The number of allylic oxidation sites excluding steroid dienone is 2. The first-order valence-electron chi connectivity index (χ1n) is 14.9. The van der Waals surface area contributed by atoms with Crippen LogP contribution in [-0.4, -0.2) is 47.5 Å². The van der Waals surface area contributed by atoms with E-state index >= 15 is 0 Å². The summed E-state index contributed by atoms with van der Waals surface area (Å²) in [6.45, 7) is 23.0. The van der Waals surface area contributed by atoms with E-state index in [0.29, 0.717) is 17.2 Å². The Hall–Kier alpha value is -2.66. The molecule has 0 saturated heterocycles. The van der Waals surface area contributed by atoms with E-state index in [1.54, 1.807) is 0 Å². The molecule has 3 aromatic carbocycles. The largest absolute Gasteiger partial charge is 0.507 e. The monoisotopic (exact) mass is 675 g/mol. The summed E-state index contributed by atoms with van der Waals surface area (Å²) in [5.41, 5.74) is 13.0. The molecule has 1 radical (unpaired) electrons. The zero-order valence-electron chi connectivity index (χ0n) is 29.8. The molecule has 237 valence electrons. The maximum Gasteiger partial charge on any atom is 0.121 e. The van der Waals surface area contributed by atoms with Crippen molar-refractivity contribution >= 4 is 18.2 Å². The van der Waals surface area contributed by atoms with Crippen molar-refractivity contribution in [2.24, 2.45) is 0 Å². The summed E-state index contributed by atoms with van der Waals surface area (Å²) in [5.74, 6) is 1.23.